The molecule has 1 amide bonds. The van der Waals surface area contributed by atoms with E-state index in [0.717, 1.165) is 5.69 Å². The molecule has 0 saturated carbocycles. The van der Waals surface area contributed by atoms with Crippen molar-refractivity contribution < 1.29 is 13.6 Å². The van der Waals surface area contributed by atoms with E-state index in [9.17, 15) is 14.0 Å². The molecule has 29 heavy (non-hydrogen) atoms. The summed E-state index contributed by atoms with van der Waals surface area (Å²) in [7, 11) is 0. The van der Waals surface area contributed by atoms with Gasteiger partial charge < -0.3 is 4.42 Å². The number of amides is 1. The van der Waals surface area contributed by atoms with Crippen molar-refractivity contribution in [1.29, 1.82) is 0 Å². The molecule has 1 aliphatic heterocycles. The SMILES string of the molecule is Cc1cccc(N2C(=O)c3oc4ccccc4c(=O)c3[C@H]2c2ccc(F)cc2)n1. The molecule has 142 valence electrons. The maximum Gasteiger partial charge on any atom is 0.296 e. The summed E-state index contributed by atoms with van der Waals surface area (Å²) in [5, 5.41) is 0.394. The normalized spacial score (nSPS) is 15.7. The van der Waals surface area contributed by atoms with Gasteiger partial charge in [-0.3, -0.25) is 14.5 Å². The van der Waals surface area contributed by atoms with Crippen LogP contribution in [-0.4, -0.2) is 10.9 Å². The predicted octanol–water partition coefficient (Wildman–Crippen LogP) is 4.39. The van der Waals surface area contributed by atoms with Gasteiger partial charge in [-0.15, -0.1) is 0 Å². The summed E-state index contributed by atoms with van der Waals surface area (Å²) in [5.74, 6) is -0.454. The molecule has 5 rings (SSSR count). The van der Waals surface area contributed by atoms with E-state index in [1.54, 1.807) is 48.5 Å². The molecule has 0 unspecified atom stereocenters. The van der Waals surface area contributed by atoms with Gasteiger partial charge in [0.15, 0.2) is 5.43 Å². The fourth-order valence-corrected chi connectivity index (χ4v) is 3.78. The number of benzene rings is 2. The molecule has 1 atom stereocenters. The smallest absolute Gasteiger partial charge is 0.296 e. The van der Waals surface area contributed by atoms with Crippen LogP contribution in [0.3, 0.4) is 0 Å². The Hall–Kier alpha value is -3.80. The van der Waals surface area contributed by atoms with Crippen LogP contribution in [0.5, 0.6) is 0 Å². The number of hydrogen-bond donors (Lipinski definition) is 0. The monoisotopic (exact) mass is 386 g/mol. The molecule has 0 radical (unpaired) electrons. The van der Waals surface area contributed by atoms with E-state index in [1.165, 1.54) is 17.0 Å². The van der Waals surface area contributed by atoms with Gasteiger partial charge in [0, 0.05) is 5.69 Å². The third kappa shape index (κ3) is 2.64. The Morgan fingerprint density at radius 1 is 0.966 bits per heavy atom. The maximum absolute atomic E-state index is 13.5. The summed E-state index contributed by atoms with van der Waals surface area (Å²) in [4.78, 5) is 32.6. The molecule has 4 aromatic rings. The minimum atomic E-state index is -0.756. The summed E-state index contributed by atoms with van der Waals surface area (Å²) in [6.07, 6.45) is 0. The van der Waals surface area contributed by atoms with Crippen molar-refractivity contribution in [3.8, 4) is 0 Å². The van der Waals surface area contributed by atoms with Crippen molar-refractivity contribution in [3.05, 3.63) is 105 Å². The van der Waals surface area contributed by atoms with Gasteiger partial charge in [-0.2, -0.15) is 0 Å². The standard InChI is InChI=1S/C23H15FN2O3/c1-13-5-4-8-18(25-13)26-20(14-9-11-15(24)12-10-14)19-21(27)16-6-2-3-7-17(16)29-22(19)23(26)28/h2-12,20H,1H3/t20-/m1/s1. The first kappa shape index (κ1) is 17.3. The summed E-state index contributed by atoms with van der Waals surface area (Å²) in [6.45, 7) is 1.82. The summed E-state index contributed by atoms with van der Waals surface area (Å²) >= 11 is 0. The fourth-order valence-electron chi connectivity index (χ4n) is 3.78. The van der Waals surface area contributed by atoms with Gasteiger partial charge in [0.2, 0.25) is 5.76 Å². The fraction of sp³-hybridized carbons (Fsp3) is 0.0870. The van der Waals surface area contributed by atoms with E-state index in [2.05, 4.69) is 4.98 Å². The molecule has 0 bridgehead atoms. The first-order valence-corrected chi connectivity index (χ1v) is 9.13. The largest absolute Gasteiger partial charge is 0.450 e. The van der Waals surface area contributed by atoms with E-state index in [0.29, 0.717) is 22.4 Å². The average molecular weight is 386 g/mol. The van der Waals surface area contributed by atoms with Crippen molar-refractivity contribution in [2.45, 2.75) is 13.0 Å². The van der Waals surface area contributed by atoms with Gasteiger partial charge >= 0.3 is 0 Å². The van der Waals surface area contributed by atoms with Gasteiger partial charge in [0.1, 0.15) is 17.2 Å². The van der Waals surface area contributed by atoms with Gasteiger partial charge in [0.05, 0.1) is 17.0 Å². The lowest BCUT2D eigenvalue weighted by molar-refractivity contribution is 0.0970. The van der Waals surface area contributed by atoms with E-state index >= 15 is 0 Å². The molecule has 3 heterocycles. The maximum atomic E-state index is 13.5. The number of carbonyl (C=O) groups excluding carboxylic acids is 1. The highest BCUT2D eigenvalue weighted by molar-refractivity contribution is 6.10. The number of aryl methyl sites for hydroxylation is 1. The number of carbonyl (C=O) groups is 1. The third-order valence-electron chi connectivity index (χ3n) is 5.08. The molecule has 1 aliphatic rings. The highest BCUT2D eigenvalue weighted by Gasteiger charge is 2.44. The zero-order valence-corrected chi connectivity index (χ0v) is 15.4. The Labute approximate surface area is 165 Å². The molecular formula is C23H15FN2O3. The van der Waals surface area contributed by atoms with E-state index < -0.39 is 17.8 Å². The second-order valence-corrected chi connectivity index (χ2v) is 6.94. The number of fused-ring (bicyclic) bond motifs is 2. The zero-order chi connectivity index (χ0) is 20.1. The lowest BCUT2D eigenvalue weighted by atomic mass is 9.98. The predicted molar refractivity (Wildman–Crippen MR) is 107 cm³/mol. The molecule has 0 fully saturated rings. The van der Waals surface area contributed by atoms with Crippen LogP contribution in [0.15, 0.2) is 75.9 Å². The Morgan fingerprint density at radius 3 is 2.48 bits per heavy atom. The van der Waals surface area contributed by atoms with Gasteiger partial charge in [-0.05, 0) is 48.9 Å². The van der Waals surface area contributed by atoms with Gasteiger partial charge in [0.25, 0.3) is 5.91 Å². The van der Waals surface area contributed by atoms with E-state index in [-0.39, 0.29) is 16.8 Å². The van der Waals surface area contributed by atoms with Crippen LogP contribution in [0.2, 0.25) is 0 Å². The summed E-state index contributed by atoms with van der Waals surface area (Å²) in [5.41, 5.74) is 1.64. The molecule has 0 saturated heterocycles. The lowest BCUT2D eigenvalue weighted by Crippen LogP contribution is -2.30. The molecule has 2 aromatic carbocycles. The first-order valence-electron chi connectivity index (χ1n) is 9.13. The number of anilines is 1. The van der Waals surface area contributed by atoms with Crippen LogP contribution in [0.1, 0.15) is 33.4 Å². The summed E-state index contributed by atoms with van der Waals surface area (Å²) < 4.78 is 19.4. The number of nitrogens with zero attached hydrogens (tertiary/aromatic N) is 2. The Bertz CT molecular complexity index is 1330. The van der Waals surface area contributed by atoms with Crippen molar-refractivity contribution >= 4 is 22.7 Å². The third-order valence-corrected chi connectivity index (χ3v) is 5.08. The van der Waals surface area contributed by atoms with Crippen molar-refractivity contribution in [3.63, 3.8) is 0 Å². The quantitative estimate of drug-likeness (QED) is 0.513. The van der Waals surface area contributed by atoms with Crippen LogP contribution in [0, 0.1) is 12.7 Å². The van der Waals surface area contributed by atoms with Crippen LogP contribution in [-0.2, 0) is 0 Å². The Balaban J connectivity index is 1.82. The second-order valence-electron chi connectivity index (χ2n) is 6.94. The van der Waals surface area contributed by atoms with E-state index in [4.69, 9.17) is 4.42 Å². The highest BCUT2D eigenvalue weighted by atomic mass is 19.1. The zero-order valence-electron chi connectivity index (χ0n) is 15.4. The molecule has 0 N–H and O–H groups in total. The van der Waals surface area contributed by atoms with Gasteiger partial charge in [-0.25, -0.2) is 9.37 Å². The average Bonchev–Trinajstić information content (AvgIpc) is 3.02. The molecule has 0 spiro atoms. The number of para-hydroxylation sites is 1. The van der Waals surface area contributed by atoms with Crippen molar-refractivity contribution in [2.75, 3.05) is 4.90 Å². The lowest BCUT2D eigenvalue weighted by Gasteiger charge is -2.24. The number of halogens is 1. The van der Waals surface area contributed by atoms with Crippen LogP contribution in [0.4, 0.5) is 10.2 Å². The van der Waals surface area contributed by atoms with Crippen LogP contribution >= 0.6 is 0 Å². The first-order chi connectivity index (χ1) is 14.0. The molecule has 2 aromatic heterocycles. The van der Waals surface area contributed by atoms with Crippen LogP contribution < -0.4 is 10.3 Å². The second kappa shape index (κ2) is 6.38. The molecule has 0 aliphatic carbocycles. The van der Waals surface area contributed by atoms with Crippen molar-refractivity contribution in [1.82, 2.24) is 4.98 Å². The minimum Gasteiger partial charge on any atom is -0.450 e. The molecule has 6 heteroatoms. The molecule has 5 nitrogen and oxygen atoms in total. The van der Waals surface area contributed by atoms with Crippen molar-refractivity contribution in [2.24, 2.45) is 0 Å². The number of aromatic nitrogens is 1. The van der Waals surface area contributed by atoms with Gasteiger partial charge in [-0.1, -0.05) is 30.3 Å². The topological polar surface area (TPSA) is 63.4 Å². The summed E-state index contributed by atoms with van der Waals surface area (Å²) in [6, 6.07) is 17.1. The number of hydrogen-bond acceptors (Lipinski definition) is 4. The number of rotatable bonds is 2. The Morgan fingerprint density at radius 2 is 1.72 bits per heavy atom. The Kier molecular flexibility index (Phi) is 3.81. The number of pyridine rings is 1. The van der Waals surface area contributed by atoms with Crippen LogP contribution in [0.25, 0.3) is 11.0 Å². The minimum absolute atomic E-state index is 0.00803. The van der Waals surface area contributed by atoms with E-state index in [1.807, 2.05) is 13.0 Å². The molecular weight excluding hydrogens is 371 g/mol. The highest BCUT2D eigenvalue weighted by Crippen LogP contribution is 2.40.